The van der Waals surface area contributed by atoms with Crippen LogP contribution in [0.15, 0.2) is 24.4 Å². The third-order valence-corrected chi connectivity index (χ3v) is 5.30. The van der Waals surface area contributed by atoms with Crippen LogP contribution < -0.4 is 4.74 Å². The summed E-state index contributed by atoms with van der Waals surface area (Å²) in [5.41, 5.74) is 2.40. The predicted molar refractivity (Wildman–Crippen MR) is 92.4 cm³/mol. The maximum atomic E-state index is 12.7. The second-order valence-corrected chi connectivity index (χ2v) is 6.78. The number of fused-ring (bicyclic) bond motifs is 1. The lowest BCUT2D eigenvalue weighted by molar-refractivity contribution is -0.142. The second-order valence-electron chi connectivity index (χ2n) is 6.78. The first-order valence-electron chi connectivity index (χ1n) is 8.81. The average molecular weight is 328 g/mol. The Morgan fingerprint density at radius 3 is 3.04 bits per heavy atom. The molecule has 1 aromatic carbocycles. The van der Waals surface area contributed by atoms with E-state index in [0.29, 0.717) is 5.92 Å². The predicted octanol–water partition coefficient (Wildman–Crippen LogP) is 3.06. The minimum atomic E-state index is -0.216. The van der Waals surface area contributed by atoms with Gasteiger partial charge in [-0.3, -0.25) is 4.79 Å². The normalized spacial score (nSPS) is 24.5. The average Bonchev–Trinajstić information content (AvgIpc) is 3.30. The molecule has 128 valence electrons. The first-order valence-corrected chi connectivity index (χ1v) is 8.81. The topological polar surface area (TPSA) is 54.6 Å². The van der Waals surface area contributed by atoms with Gasteiger partial charge in [-0.25, -0.2) is 0 Å². The number of nitrogens with zero attached hydrogens (tertiary/aromatic N) is 1. The summed E-state index contributed by atoms with van der Waals surface area (Å²) in [4.78, 5) is 18.0. The number of aromatic nitrogens is 1. The van der Waals surface area contributed by atoms with Crippen molar-refractivity contribution in [3.63, 3.8) is 0 Å². The van der Waals surface area contributed by atoms with E-state index in [2.05, 4.69) is 23.3 Å². The van der Waals surface area contributed by atoms with Gasteiger partial charge in [-0.1, -0.05) is 0 Å². The van der Waals surface area contributed by atoms with E-state index in [9.17, 15) is 4.79 Å². The maximum Gasteiger partial charge on any atom is 0.251 e. The molecule has 1 amide bonds. The third-order valence-electron chi connectivity index (χ3n) is 5.30. The van der Waals surface area contributed by atoms with Gasteiger partial charge in [-0.2, -0.15) is 0 Å². The summed E-state index contributed by atoms with van der Waals surface area (Å²) in [6.07, 6.45) is 5.89. The number of carbonyl (C=O) groups is 1. The van der Waals surface area contributed by atoms with Crippen molar-refractivity contribution in [2.75, 3.05) is 26.8 Å². The van der Waals surface area contributed by atoms with Gasteiger partial charge in [0.2, 0.25) is 0 Å². The zero-order valence-corrected chi connectivity index (χ0v) is 14.1. The fourth-order valence-electron chi connectivity index (χ4n) is 3.99. The number of aromatic amines is 1. The second kappa shape index (κ2) is 6.48. The summed E-state index contributed by atoms with van der Waals surface area (Å²) in [7, 11) is 1.69. The number of hydrogen-bond acceptors (Lipinski definition) is 3. The highest BCUT2D eigenvalue weighted by Gasteiger charge is 2.32. The van der Waals surface area contributed by atoms with Crippen LogP contribution in [0.2, 0.25) is 0 Å². The molecule has 0 bridgehead atoms. The van der Waals surface area contributed by atoms with Crippen LogP contribution in [0.25, 0.3) is 10.9 Å². The Morgan fingerprint density at radius 2 is 2.25 bits per heavy atom. The van der Waals surface area contributed by atoms with Gasteiger partial charge < -0.3 is 19.4 Å². The summed E-state index contributed by atoms with van der Waals surface area (Å²) < 4.78 is 10.9. The third kappa shape index (κ3) is 2.77. The molecule has 0 radical (unpaired) electrons. The highest BCUT2D eigenvalue weighted by Crippen LogP contribution is 2.34. The van der Waals surface area contributed by atoms with Gasteiger partial charge in [0.25, 0.3) is 5.91 Å². The Morgan fingerprint density at radius 1 is 1.33 bits per heavy atom. The Kier molecular flexibility index (Phi) is 4.19. The monoisotopic (exact) mass is 328 g/mol. The van der Waals surface area contributed by atoms with Gasteiger partial charge in [0, 0.05) is 42.7 Å². The summed E-state index contributed by atoms with van der Waals surface area (Å²) in [6.45, 7) is 2.35. The molecular formula is C19H24N2O3. The Hall–Kier alpha value is -2.01. The molecule has 4 rings (SSSR count). The molecule has 5 nitrogen and oxygen atoms in total. The lowest BCUT2D eigenvalue weighted by atomic mass is 9.90. The Balaban J connectivity index is 1.56. The molecule has 24 heavy (non-hydrogen) atoms. The SMILES string of the molecule is COc1ccc2[nH]cc([C@@H]3CCCN(C(=O)[C@H]4CCCO4)C3)c2c1. The van der Waals surface area contributed by atoms with Crippen molar-refractivity contribution in [1.29, 1.82) is 0 Å². The molecule has 2 saturated heterocycles. The molecule has 1 aromatic heterocycles. The summed E-state index contributed by atoms with van der Waals surface area (Å²) in [5, 5.41) is 1.20. The van der Waals surface area contributed by atoms with E-state index in [-0.39, 0.29) is 12.0 Å². The van der Waals surface area contributed by atoms with Crippen LogP contribution in [-0.4, -0.2) is 48.7 Å². The van der Waals surface area contributed by atoms with E-state index < -0.39 is 0 Å². The number of carbonyl (C=O) groups excluding carboxylic acids is 1. The van der Waals surface area contributed by atoms with E-state index >= 15 is 0 Å². The summed E-state index contributed by atoms with van der Waals surface area (Å²) in [6, 6.07) is 6.11. The largest absolute Gasteiger partial charge is 0.497 e. The van der Waals surface area contributed by atoms with E-state index in [0.717, 1.165) is 56.6 Å². The minimum Gasteiger partial charge on any atom is -0.497 e. The first kappa shape index (κ1) is 15.5. The number of ether oxygens (including phenoxy) is 2. The molecule has 1 N–H and O–H groups in total. The van der Waals surface area contributed by atoms with Gasteiger partial charge in [0.15, 0.2) is 0 Å². The maximum absolute atomic E-state index is 12.7. The van der Waals surface area contributed by atoms with E-state index in [1.54, 1.807) is 7.11 Å². The van der Waals surface area contributed by atoms with Gasteiger partial charge in [0.05, 0.1) is 7.11 Å². The number of H-pyrrole nitrogens is 1. The zero-order valence-electron chi connectivity index (χ0n) is 14.1. The van der Waals surface area contributed by atoms with E-state index in [4.69, 9.17) is 9.47 Å². The molecule has 2 aliphatic heterocycles. The lowest BCUT2D eigenvalue weighted by Crippen LogP contribution is -2.44. The first-order chi connectivity index (χ1) is 11.8. The molecule has 0 unspecified atom stereocenters. The van der Waals surface area contributed by atoms with Crippen LogP contribution in [0.1, 0.15) is 37.2 Å². The quantitative estimate of drug-likeness (QED) is 0.942. The number of methoxy groups -OCH3 is 1. The molecule has 0 saturated carbocycles. The summed E-state index contributed by atoms with van der Waals surface area (Å²) in [5.74, 6) is 1.41. The molecule has 0 spiro atoms. The molecule has 2 aliphatic rings. The van der Waals surface area contributed by atoms with Crippen molar-refractivity contribution in [3.8, 4) is 5.75 Å². The van der Waals surface area contributed by atoms with Crippen molar-refractivity contribution >= 4 is 16.8 Å². The van der Waals surface area contributed by atoms with E-state index in [1.165, 1.54) is 10.9 Å². The van der Waals surface area contributed by atoms with Crippen molar-refractivity contribution in [3.05, 3.63) is 30.0 Å². The standard InChI is InChI=1S/C19H24N2O3/c1-23-14-6-7-17-15(10-14)16(11-20-17)13-4-2-8-21(12-13)19(22)18-5-3-9-24-18/h6-7,10-11,13,18,20H,2-5,8-9,12H2,1H3/t13-,18-/m1/s1. The molecule has 2 aromatic rings. The van der Waals surface area contributed by atoms with Crippen molar-refractivity contribution in [2.24, 2.45) is 0 Å². The van der Waals surface area contributed by atoms with Gasteiger partial charge in [-0.05, 0) is 49.4 Å². The number of benzene rings is 1. The lowest BCUT2D eigenvalue weighted by Gasteiger charge is -2.34. The number of likely N-dealkylation sites (tertiary alicyclic amines) is 1. The van der Waals surface area contributed by atoms with Crippen molar-refractivity contribution in [1.82, 2.24) is 9.88 Å². The fourth-order valence-corrected chi connectivity index (χ4v) is 3.99. The minimum absolute atomic E-state index is 0.176. The smallest absolute Gasteiger partial charge is 0.251 e. The van der Waals surface area contributed by atoms with Gasteiger partial charge in [-0.15, -0.1) is 0 Å². The Labute approximate surface area is 141 Å². The van der Waals surface area contributed by atoms with Crippen LogP contribution in [-0.2, 0) is 9.53 Å². The van der Waals surface area contributed by atoms with Crippen molar-refractivity contribution in [2.45, 2.75) is 37.7 Å². The van der Waals surface area contributed by atoms with Crippen LogP contribution in [0, 0.1) is 0 Å². The number of nitrogens with one attached hydrogen (secondary N) is 1. The number of piperidine rings is 1. The van der Waals surface area contributed by atoms with Crippen LogP contribution in [0.3, 0.4) is 0 Å². The van der Waals surface area contributed by atoms with Crippen molar-refractivity contribution < 1.29 is 14.3 Å². The molecule has 2 atom stereocenters. The molecule has 0 aliphatic carbocycles. The Bertz CT molecular complexity index is 733. The van der Waals surface area contributed by atoms with Gasteiger partial charge in [0.1, 0.15) is 11.9 Å². The van der Waals surface area contributed by atoms with Crippen LogP contribution in [0.4, 0.5) is 0 Å². The van der Waals surface area contributed by atoms with Crippen LogP contribution in [0.5, 0.6) is 5.75 Å². The van der Waals surface area contributed by atoms with E-state index in [1.807, 2.05) is 11.0 Å². The number of rotatable bonds is 3. The van der Waals surface area contributed by atoms with Gasteiger partial charge >= 0.3 is 0 Å². The fraction of sp³-hybridized carbons (Fsp3) is 0.526. The molecule has 3 heterocycles. The number of amides is 1. The number of hydrogen-bond donors (Lipinski definition) is 1. The highest BCUT2D eigenvalue weighted by molar-refractivity contribution is 5.85. The zero-order chi connectivity index (χ0) is 16.5. The molecular weight excluding hydrogens is 304 g/mol. The molecule has 5 heteroatoms. The van der Waals surface area contributed by atoms with Crippen LogP contribution >= 0.6 is 0 Å². The summed E-state index contributed by atoms with van der Waals surface area (Å²) >= 11 is 0. The molecule has 2 fully saturated rings. The highest BCUT2D eigenvalue weighted by atomic mass is 16.5.